The zero-order valence-electron chi connectivity index (χ0n) is 14.6. The van der Waals surface area contributed by atoms with Gasteiger partial charge in [0.2, 0.25) is 11.8 Å². The summed E-state index contributed by atoms with van der Waals surface area (Å²) < 4.78 is 0. The topological polar surface area (TPSA) is 73.7 Å². The molecule has 2 amide bonds. The lowest BCUT2D eigenvalue weighted by molar-refractivity contribution is -0.138. The Labute approximate surface area is 153 Å². The van der Waals surface area contributed by atoms with Crippen LogP contribution in [0.2, 0.25) is 0 Å². The largest absolute Gasteiger partial charge is 0.389 e. The minimum absolute atomic E-state index is 0.00491. The molecule has 1 N–H and O–H groups in total. The van der Waals surface area contributed by atoms with Crippen LogP contribution in [0.5, 0.6) is 0 Å². The molecule has 2 heterocycles. The molecule has 0 radical (unpaired) electrons. The minimum atomic E-state index is -0.741. The molecule has 1 aromatic carbocycles. The number of rotatable bonds is 5. The Hall–Kier alpha value is -2.73. The normalized spacial score (nSPS) is 17.9. The van der Waals surface area contributed by atoms with E-state index >= 15 is 0 Å². The van der Waals surface area contributed by atoms with E-state index in [9.17, 15) is 14.7 Å². The number of nitrogens with zero attached hydrogens (tertiary/aromatic N) is 3. The van der Waals surface area contributed by atoms with E-state index < -0.39 is 6.10 Å². The Balaban J connectivity index is 1.60. The Morgan fingerprint density at radius 2 is 1.88 bits per heavy atom. The van der Waals surface area contributed by atoms with Gasteiger partial charge in [-0.25, -0.2) is 0 Å². The number of pyridine rings is 1. The molecule has 1 aromatic heterocycles. The predicted octanol–water partition coefficient (Wildman–Crippen LogP) is 0.899. The number of benzene rings is 1. The first-order chi connectivity index (χ1) is 12.6. The van der Waals surface area contributed by atoms with Crippen LogP contribution < -0.4 is 0 Å². The van der Waals surface area contributed by atoms with Crippen molar-refractivity contribution in [2.45, 2.75) is 18.9 Å². The Kier molecular flexibility index (Phi) is 5.96. The lowest BCUT2D eigenvalue weighted by Gasteiger charge is -2.22. The quantitative estimate of drug-likeness (QED) is 0.867. The third kappa shape index (κ3) is 4.89. The Morgan fingerprint density at radius 1 is 1.12 bits per heavy atom. The number of hydrogen-bond acceptors (Lipinski definition) is 4. The van der Waals surface area contributed by atoms with E-state index in [0.717, 1.165) is 17.5 Å². The summed E-state index contributed by atoms with van der Waals surface area (Å²) in [5.74, 6) is -0.299. The first-order valence-corrected chi connectivity index (χ1v) is 8.78. The number of aliphatic hydroxyl groups is 1. The zero-order chi connectivity index (χ0) is 18.4. The molecular weight excluding hydrogens is 330 g/mol. The SMILES string of the molecule is O=C1CN(C(=O)Cc2cccnc2)CC(O)CN1CCc1ccccc1. The average Bonchev–Trinajstić information content (AvgIpc) is 2.80. The molecule has 136 valence electrons. The van der Waals surface area contributed by atoms with Gasteiger partial charge in [0.15, 0.2) is 0 Å². The number of aromatic nitrogens is 1. The summed E-state index contributed by atoms with van der Waals surface area (Å²) in [4.78, 5) is 32.2. The van der Waals surface area contributed by atoms with Gasteiger partial charge < -0.3 is 14.9 Å². The summed E-state index contributed by atoms with van der Waals surface area (Å²) in [6.45, 7) is 0.963. The lowest BCUT2D eigenvalue weighted by Crippen LogP contribution is -2.40. The summed E-state index contributed by atoms with van der Waals surface area (Å²) >= 11 is 0. The molecule has 0 spiro atoms. The Bertz CT molecular complexity index is 736. The number of aliphatic hydroxyl groups excluding tert-OH is 1. The van der Waals surface area contributed by atoms with Crippen molar-refractivity contribution in [3.05, 3.63) is 66.0 Å². The fourth-order valence-corrected chi connectivity index (χ4v) is 3.10. The number of β-amino-alcohol motifs (C(OH)–C–C–N with tert-alkyl or cyclic N) is 1. The summed E-state index contributed by atoms with van der Waals surface area (Å²) in [6.07, 6.45) is 3.45. The van der Waals surface area contributed by atoms with Crippen LogP contribution in [0.4, 0.5) is 0 Å². The minimum Gasteiger partial charge on any atom is -0.389 e. The average molecular weight is 353 g/mol. The zero-order valence-corrected chi connectivity index (χ0v) is 14.6. The highest BCUT2D eigenvalue weighted by atomic mass is 16.3. The summed E-state index contributed by atoms with van der Waals surface area (Å²) in [5.41, 5.74) is 1.94. The fourth-order valence-electron chi connectivity index (χ4n) is 3.10. The fraction of sp³-hybridized carbons (Fsp3) is 0.350. The molecule has 6 heteroatoms. The van der Waals surface area contributed by atoms with Crippen molar-refractivity contribution in [1.82, 2.24) is 14.8 Å². The van der Waals surface area contributed by atoms with E-state index in [1.165, 1.54) is 4.90 Å². The van der Waals surface area contributed by atoms with Crippen molar-refractivity contribution in [2.24, 2.45) is 0 Å². The van der Waals surface area contributed by atoms with Crippen molar-refractivity contribution in [3.63, 3.8) is 0 Å². The summed E-state index contributed by atoms with van der Waals surface area (Å²) in [6, 6.07) is 13.5. The molecule has 1 saturated heterocycles. The predicted molar refractivity (Wildman–Crippen MR) is 97.3 cm³/mol. The third-order valence-corrected chi connectivity index (χ3v) is 4.49. The van der Waals surface area contributed by atoms with Crippen molar-refractivity contribution >= 4 is 11.8 Å². The van der Waals surface area contributed by atoms with E-state index in [0.29, 0.717) is 6.54 Å². The van der Waals surface area contributed by atoms with Crippen molar-refractivity contribution in [2.75, 3.05) is 26.2 Å². The van der Waals surface area contributed by atoms with Crippen LogP contribution >= 0.6 is 0 Å². The summed E-state index contributed by atoms with van der Waals surface area (Å²) in [5, 5.41) is 10.3. The van der Waals surface area contributed by atoms with E-state index in [1.807, 2.05) is 36.4 Å². The van der Waals surface area contributed by atoms with Crippen LogP contribution in [0, 0.1) is 0 Å². The van der Waals surface area contributed by atoms with E-state index in [1.54, 1.807) is 23.4 Å². The number of carbonyl (C=O) groups is 2. The molecule has 1 unspecified atom stereocenters. The highest BCUT2D eigenvalue weighted by Crippen LogP contribution is 2.10. The second-order valence-electron chi connectivity index (χ2n) is 6.54. The molecule has 1 fully saturated rings. The number of hydrogen-bond donors (Lipinski definition) is 1. The van der Waals surface area contributed by atoms with Gasteiger partial charge >= 0.3 is 0 Å². The Morgan fingerprint density at radius 3 is 2.62 bits per heavy atom. The van der Waals surface area contributed by atoms with Crippen molar-refractivity contribution in [3.8, 4) is 0 Å². The molecule has 26 heavy (non-hydrogen) atoms. The molecule has 1 aliphatic heterocycles. The first kappa shape index (κ1) is 18.1. The maximum absolute atomic E-state index is 12.6. The van der Waals surface area contributed by atoms with Gasteiger partial charge in [-0.05, 0) is 23.6 Å². The molecule has 1 aliphatic rings. The molecule has 2 aromatic rings. The van der Waals surface area contributed by atoms with Gasteiger partial charge in [-0.15, -0.1) is 0 Å². The van der Waals surface area contributed by atoms with Crippen molar-refractivity contribution < 1.29 is 14.7 Å². The maximum atomic E-state index is 12.6. The van der Waals surface area contributed by atoms with E-state index in [-0.39, 0.29) is 37.9 Å². The standard InChI is InChI=1S/C20H23N3O3/c24-18-13-22(10-8-16-5-2-1-3-6-16)20(26)15-23(14-18)19(25)11-17-7-4-9-21-12-17/h1-7,9,12,18,24H,8,10-11,13-15H2. The summed E-state index contributed by atoms with van der Waals surface area (Å²) in [7, 11) is 0. The van der Waals surface area contributed by atoms with Crippen molar-refractivity contribution in [1.29, 1.82) is 0 Å². The highest BCUT2D eigenvalue weighted by Gasteiger charge is 2.29. The molecule has 1 atom stereocenters. The van der Waals surface area contributed by atoms with Gasteiger partial charge in [-0.1, -0.05) is 36.4 Å². The maximum Gasteiger partial charge on any atom is 0.242 e. The third-order valence-electron chi connectivity index (χ3n) is 4.49. The van der Waals surface area contributed by atoms with E-state index in [2.05, 4.69) is 4.98 Å². The van der Waals surface area contributed by atoms with Crippen LogP contribution in [0.15, 0.2) is 54.9 Å². The van der Waals surface area contributed by atoms with Gasteiger partial charge in [-0.2, -0.15) is 0 Å². The second-order valence-corrected chi connectivity index (χ2v) is 6.54. The smallest absolute Gasteiger partial charge is 0.242 e. The van der Waals surface area contributed by atoms with Crippen LogP contribution in [0.3, 0.4) is 0 Å². The molecular formula is C20H23N3O3. The molecule has 3 rings (SSSR count). The van der Waals surface area contributed by atoms with Gasteiger partial charge in [0, 0.05) is 32.0 Å². The van der Waals surface area contributed by atoms with Gasteiger partial charge in [0.1, 0.15) is 0 Å². The van der Waals surface area contributed by atoms with Crippen LogP contribution in [0.1, 0.15) is 11.1 Å². The van der Waals surface area contributed by atoms with Gasteiger partial charge in [0.05, 0.1) is 19.1 Å². The lowest BCUT2D eigenvalue weighted by atomic mass is 10.1. The van der Waals surface area contributed by atoms with Gasteiger partial charge in [-0.3, -0.25) is 14.6 Å². The molecule has 0 aliphatic carbocycles. The number of amides is 2. The highest BCUT2D eigenvalue weighted by molar-refractivity contribution is 5.86. The van der Waals surface area contributed by atoms with Gasteiger partial charge in [0.25, 0.3) is 0 Å². The first-order valence-electron chi connectivity index (χ1n) is 8.78. The molecule has 6 nitrogen and oxygen atoms in total. The number of carbonyl (C=O) groups excluding carboxylic acids is 2. The monoisotopic (exact) mass is 353 g/mol. The van der Waals surface area contributed by atoms with E-state index in [4.69, 9.17) is 0 Å². The van der Waals surface area contributed by atoms with Crippen LogP contribution in [-0.2, 0) is 22.4 Å². The molecule has 0 saturated carbocycles. The molecule has 0 bridgehead atoms. The van der Waals surface area contributed by atoms with Crippen LogP contribution in [0.25, 0.3) is 0 Å². The van der Waals surface area contributed by atoms with Crippen LogP contribution in [-0.4, -0.2) is 64.0 Å². The second kappa shape index (κ2) is 8.58.